The number of hydrogen-bond donors (Lipinski definition) is 5. The maximum atomic E-state index is 12.1. The molecule has 12 heteroatoms. The number of esters is 1. The van der Waals surface area contributed by atoms with Crippen molar-refractivity contribution in [3.63, 3.8) is 0 Å². The third-order valence-corrected chi connectivity index (χ3v) is 5.23. The molecule has 2 fully saturated rings. The molecular weight excluding hydrogens is 396 g/mol. The minimum Gasteiger partial charge on any atom is -0.481 e. The van der Waals surface area contributed by atoms with Crippen molar-refractivity contribution in [1.29, 1.82) is 0 Å². The quantitative estimate of drug-likeness (QED) is 0.213. The highest BCUT2D eigenvalue weighted by Gasteiger charge is 2.53. The van der Waals surface area contributed by atoms with Gasteiger partial charge in [-0.05, 0) is 0 Å². The fourth-order valence-electron chi connectivity index (χ4n) is 3.61. The van der Waals surface area contributed by atoms with Crippen LogP contribution in [0.4, 0.5) is 0 Å². The molecule has 0 aliphatic carbocycles. The first-order chi connectivity index (χ1) is 13.8. The molecule has 2 saturated heterocycles. The summed E-state index contributed by atoms with van der Waals surface area (Å²) >= 11 is 0. The van der Waals surface area contributed by atoms with Gasteiger partial charge >= 0.3 is 11.9 Å². The number of methoxy groups -OCH3 is 1. The fraction of sp³-hybridized carbons (Fsp3) is 0.765. The molecule has 0 unspecified atom stereocenters. The Morgan fingerprint density at radius 3 is 2.41 bits per heavy atom. The first-order valence-corrected chi connectivity index (χ1v) is 9.01. The summed E-state index contributed by atoms with van der Waals surface area (Å²) in [4.78, 5) is 23.4. The van der Waals surface area contributed by atoms with Crippen molar-refractivity contribution >= 4 is 11.9 Å². The number of aliphatic hydroxyl groups excluding tert-OH is 4. The van der Waals surface area contributed by atoms with Gasteiger partial charge in [0.15, 0.2) is 6.29 Å². The van der Waals surface area contributed by atoms with Crippen molar-refractivity contribution in [3.8, 4) is 0 Å². The summed E-state index contributed by atoms with van der Waals surface area (Å²) < 4.78 is 26.4. The Morgan fingerprint density at radius 1 is 1.17 bits per heavy atom. The number of epoxide rings is 1. The monoisotopic (exact) mass is 420 g/mol. The van der Waals surface area contributed by atoms with Gasteiger partial charge in [-0.2, -0.15) is 0 Å². The van der Waals surface area contributed by atoms with E-state index in [1.165, 1.54) is 0 Å². The Kier molecular flexibility index (Phi) is 6.73. The van der Waals surface area contributed by atoms with E-state index in [1.807, 2.05) is 0 Å². The average molecular weight is 420 g/mol. The Balaban J connectivity index is 1.83. The van der Waals surface area contributed by atoms with Crippen LogP contribution in [-0.2, 0) is 33.3 Å². The predicted octanol–water partition coefficient (Wildman–Crippen LogP) is -2.68. The lowest BCUT2D eigenvalue weighted by molar-refractivity contribution is -0.342. The van der Waals surface area contributed by atoms with E-state index in [1.54, 1.807) is 0 Å². The number of carbonyl (C=O) groups is 2. The van der Waals surface area contributed by atoms with Crippen molar-refractivity contribution in [2.75, 3.05) is 20.3 Å². The highest BCUT2D eigenvalue weighted by Crippen LogP contribution is 2.42. The number of rotatable bonds is 7. The maximum Gasteiger partial charge on any atom is 0.337 e. The van der Waals surface area contributed by atoms with Crippen LogP contribution in [0.5, 0.6) is 0 Å². The predicted molar refractivity (Wildman–Crippen MR) is 88.8 cm³/mol. The number of aliphatic hydroxyl groups is 4. The smallest absolute Gasteiger partial charge is 0.337 e. The minimum absolute atomic E-state index is 0.00375. The third kappa shape index (κ3) is 4.53. The molecule has 12 nitrogen and oxygen atoms in total. The van der Waals surface area contributed by atoms with Crippen LogP contribution >= 0.6 is 0 Å². The summed E-state index contributed by atoms with van der Waals surface area (Å²) in [6, 6.07) is 0. The SMILES string of the molecule is COC(=O)C1=CO[C@@H](O[C@@H]2O[C@H](CO)[C@@H](O)[C@H](O)[C@H]2O)[C@H]([C@H]2CO2)[C@@H]1CC(=O)O. The second-order valence-electron chi connectivity index (χ2n) is 7.06. The van der Waals surface area contributed by atoms with Gasteiger partial charge in [0, 0.05) is 5.92 Å². The highest BCUT2D eigenvalue weighted by molar-refractivity contribution is 5.89. The van der Waals surface area contributed by atoms with Crippen LogP contribution in [0.15, 0.2) is 11.8 Å². The van der Waals surface area contributed by atoms with E-state index in [2.05, 4.69) is 0 Å². The maximum absolute atomic E-state index is 12.1. The van der Waals surface area contributed by atoms with Gasteiger partial charge in [-0.1, -0.05) is 0 Å². The van der Waals surface area contributed by atoms with E-state index in [0.717, 1.165) is 13.4 Å². The normalized spacial score (nSPS) is 41.8. The summed E-state index contributed by atoms with van der Waals surface area (Å²) in [5, 5.41) is 48.5. The molecule has 5 N–H and O–H groups in total. The molecule has 0 amide bonds. The summed E-state index contributed by atoms with van der Waals surface area (Å²) in [5.74, 6) is -3.54. The van der Waals surface area contributed by atoms with Gasteiger partial charge in [-0.15, -0.1) is 0 Å². The summed E-state index contributed by atoms with van der Waals surface area (Å²) in [6.45, 7) is -0.354. The van der Waals surface area contributed by atoms with Gasteiger partial charge in [-0.3, -0.25) is 4.79 Å². The number of carbonyl (C=O) groups excluding carboxylic acids is 1. The fourth-order valence-corrected chi connectivity index (χ4v) is 3.61. The number of carboxylic acid groups (broad SMARTS) is 1. The Hall–Kier alpha value is -1.80. The summed E-state index contributed by atoms with van der Waals surface area (Å²) in [6.07, 6.45) is -8.61. The van der Waals surface area contributed by atoms with E-state index < -0.39 is 79.9 Å². The minimum atomic E-state index is -1.67. The molecule has 164 valence electrons. The Bertz CT molecular complexity index is 644. The molecule has 0 saturated carbocycles. The van der Waals surface area contributed by atoms with Gasteiger partial charge in [0.25, 0.3) is 0 Å². The molecule has 0 bridgehead atoms. The first kappa shape index (κ1) is 21.9. The van der Waals surface area contributed by atoms with Gasteiger partial charge in [0.2, 0.25) is 6.29 Å². The topological polar surface area (TPSA) is 185 Å². The van der Waals surface area contributed by atoms with E-state index in [0.29, 0.717) is 0 Å². The molecule has 0 aromatic heterocycles. The molecule has 0 radical (unpaired) electrons. The highest BCUT2D eigenvalue weighted by atomic mass is 16.8. The van der Waals surface area contributed by atoms with Gasteiger partial charge in [0.1, 0.15) is 24.4 Å². The van der Waals surface area contributed by atoms with Crippen LogP contribution in [0.3, 0.4) is 0 Å². The molecule has 0 spiro atoms. The molecule has 0 aromatic carbocycles. The number of hydrogen-bond acceptors (Lipinski definition) is 11. The van der Waals surface area contributed by atoms with Crippen LogP contribution in [0.25, 0.3) is 0 Å². The lowest BCUT2D eigenvalue weighted by Crippen LogP contribution is -2.60. The lowest BCUT2D eigenvalue weighted by Gasteiger charge is -2.43. The second kappa shape index (κ2) is 8.92. The van der Waals surface area contributed by atoms with Crippen LogP contribution < -0.4 is 0 Å². The van der Waals surface area contributed by atoms with Crippen LogP contribution in [0.1, 0.15) is 6.42 Å². The Labute approximate surface area is 165 Å². The average Bonchev–Trinajstić information content (AvgIpc) is 3.52. The van der Waals surface area contributed by atoms with Crippen LogP contribution in [0, 0.1) is 11.8 Å². The zero-order valence-corrected chi connectivity index (χ0v) is 15.5. The van der Waals surface area contributed by atoms with Crippen molar-refractivity contribution in [1.82, 2.24) is 0 Å². The Morgan fingerprint density at radius 2 is 1.86 bits per heavy atom. The standard InChI is InChI=1S/C17H24O12/c1-25-15(24)7-4-27-16(11(9-5-26-9)6(7)2-10(19)20)29-17-14(23)13(22)12(21)8(3-18)28-17/h4,6,8-9,11-14,16-18,21-23H,2-3,5H2,1H3,(H,19,20)/t6-,8-,9-,11+,12-,13+,14-,16+,17+/m1/s1. The molecule has 9 atom stereocenters. The van der Waals surface area contributed by atoms with E-state index in [9.17, 15) is 35.1 Å². The molecule has 0 aromatic rings. The van der Waals surface area contributed by atoms with Crippen molar-refractivity contribution in [2.24, 2.45) is 11.8 Å². The second-order valence-corrected chi connectivity index (χ2v) is 7.06. The molecule has 29 heavy (non-hydrogen) atoms. The zero-order valence-electron chi connectivity index (χ0n) is 15.5. The van der Waals surface area contributed by atoms with Gasteiger partial charge in [0.05, 0.1) is 50.6 Å². The van der Waals surface area contributed by atoms with E-state index >= 15 is 0 Å². The molecule has 3 aliphatic rings. The number of carboxylic acids is 1. The van der Waals surface area contributed by atoms with Crippen molar-refractivity contribution < 1.29 is 58.8 Å². The van der Waals surface area contributed by atoms with E-state index in [-0.39, 0.29) is 12.2 Å². The largest absolute Gasteiger partial charge is 0.481 e. The molecule has 3 rings (SSSR count). The molecular formula is C17H24O12. The molecule has 3 heterocycles. The summed E-state index contributed by atoms with van der Waals surface area (Å²) in [5.41, 5.74) is 0.00375. The lowest BCUT2D eigenvalue weighted by atomic mass is 9.79. The van der Waals surface area contributed by atoms with Crippen LogP contribution in [0.2, 0.25) is 0 Å². The summed E-state index contributed by atoms with van der Waals surface area (Å²) in [7, 11) is 1.15. The number of aliphatic carboxylic acids is 1. The van der Waals surface area contributed by atoms with Crippen LogP contribution in [-0.4, -0.2) is 101 Å². The molecule has 3 aliphatic heterocycles. The van der Waals surface area contributed by atoms with Crippen molar-refractivity contribution in [3.05, 3.63) is 11.8 Å². The first-order valence-electron chi connectivity index (χ1n) is 9.01. The van der Waals surface area contributed by atoms with E-state index in [4.69, 9.17) is 23.7 Å². The van der Waals surface area contributed by atoms with Gasteiger partial charge in [-0.25, -0.2) is 4.79 Å². The van der Waals surface area contributed by atoms with Gasteiger partial charge < -0.3 is 49.2 Å². The zero-order chi connectivity index (χ0) is 21.3. The van der Waals surface area contributed by atoms with Crippen molar-refractivity contribution in [2.45, 2.75) is 49.5 Å². The third-order valence-electron chi connectivity index (χ3n) is 5.23. The number of ether oxygens (including phenoxy) is 5.